The largest absolute Gasteiger partial charge is 0.292 e. The van der Waals surface area contributed by atoms with Crippen molar-refractivity contribution < 1.29 is 0 Å². The Bertz CT molecular complexity index is 539. The van der Waals surface area contributed by atoms with Crippen LogP contribution in [0, 0.1) is 0 Å². The van der Waals surface area contributed by atoms with Gasteiger partial charge in [0.1, 0.15) is 0 Å². The molecule has 0 saturated carbocycles. The number of hydrogen-bond acceptors (Lipinski definition) is 2. The summed E-state index contributed by atoms with van der Waals surface area (Å²) in [5.74, 6) is 0. The minimum atomic E-state index is 0.494. The van der Waals surface area contributed by atoms with Crippen molar-refractivity contribution in [3.05, 3.63) is 64.9 Å². The molecule has 2 heterocycles. The molecular weight excluding hydrogens is 268 g/mol. The predicted molar refractivity (Wildman–Crippen MR) is 82.7 cm³/mol. The maximum Gasteiger partial charge on any atom is 0.0406 e. The van der Waals surface area contributed by atoms with Gasteiger partial charge in [0.25, 0.3) is 0 Å². The predicted octanol–water partition coefficient (Wildman–Crippen LogP) is 4.46. The van der Waals surface area contributed by atoms with E-state index in [1.54, 1.807) is 0 Å². The van der Waals surface area contributed by atoms with Gasteiger partial charge in [0, 0.05) is 30.0 Å². The minimum absolute atomic E-state index is 0.494. The first-order valence-electron chi connectivity index (χ1n) is 7.21. The van der Waals surface area contributed by atoms with Gasteiger partial charge in [0.2, 0.25) is 0 Å². The monoisotopic (exact) mass is 286 g/mol. The molecule has 0 amide bonds. The van der Waals surface area contributed by atoms with E-state index in [0.717, 1.165) is 18.1 Å². The van der Waals surface area contributed by atoms with Gasteiger partial charge in [-0.05, 0) is 48.7 Å². The third kappa shape index (κ3) is 3.20. The molecule has 1 saturated heterocycles. The van der Waals surface area contributed by atoms with E-state index in [2.05, 4.69) is 28.1 Å². The number of pyridine rings is 1. The van der Waals surface area contributed by atoms with Gasteiger partial charge in [0.15, 0.2) is 0 Å². The highest BCUT2D eigenvalue weighted by Gasteiger charge is 2.23. The standard InChI is InChI=1S/C17H19ClN2/c18-16-8-6-14(7-9-16)13-20-11-2-1-5-17(20)15-4-3-10-19-12-15/h3-4,6-10,12,17H,1-2,5,11,13H2/t17-/m0/s1. The molecule has 1 aromatic carbocycles. The quantitative estimate of drug-likeness (QED) is 0.828. The molecule has 0 radical (unpaired) electrons. The van der Waals surface area contributed by atoms with Crippen LogP contribution >= 0.6 is 11.6 Å². The van der Waals surface area contributed by atoms with E-state index in [4.69, 9.17) is 11.6 Å². The lowest BCUT2D eigenvalue weighted by atomic mass is 9.96. The number of rotatable bonds is 3. The summed E-state index contributed by atoms with van der Waals surface area (Å²) in [6.07, 6.45) is 7.65. The first-order chi connectivity index (χ1) is 9.83. The molecule has 1 aliphatic rings. The molecular formula is C17H19ClN2. The van der Waals surface area contributed by atoms with Crippen LogP contribution < -0.4 is 0 Å². The molecule has 0 unspecified atom stereocenters. The normalized spacial score (nSPS) is 19.9. The molecule has 1 aromatic heterocycles. The molecule has 1 fully saturated rings. The Balaban J connectivity index is 1.77. The van der Waals surface area contributed by atoms with Gasteiger partial charge >= 0.3 is 0 Å². The SMILES string of the molecule is Clc1ccc(CN2CCCC[C@H]2c2cccnc2)cc1. The van der Waals surface area contributed by atoms with Crippen molar-refractivity contribution in [1.82, 2.24) is 9.88 Å². The number of halogens is 1. The van der Waals surface area contributed by atoms with Crippen LogP contribution in [-0.2, 0) is 6.54 Å². The summed E-state index contributed by atoms with van der Waals surface area (Å²) < 4.78 is 0. The number of hydrogen-bond donors (Lipinski definition) is 0. The van der Waals surface area contributed by atoms with Gasteiger partial charge < -0.3 is 0 Å². The van der Waals surface area contributed by atoms with Crippen LogP contribution in [-0.4, -0.2) is 16.4 Å². The highest BCUT2D eigenvalue weighted by molar-refractivity contribution is 6.30. The van der Waals surface area contributed by atoms with E-state index in [0.29, 0.717) is 6.04 Å². The fourth-order valence-electron chi connectivity index (χ4n) is 2.96. The van der Waals surface area contributed by atoms with Crippen LogP contribution in [0.15, 0.2) is 48.8 Å². The van der Waals surface area contributed by atoms with Gasteiger partial charge in [-0.2, -0.15) is 0 Å². The lowest BCUT2D eigenvalue weighted by Crippen LogP contribution is -2.32. The maximum absolute atomic E-state index is 5.96. The number of piperidine rings is 1. The van der Waals surface area contributed by atoms with Crippen molar-refractivity contribution in [3.8, 4) is 0 Å². The summed E-state index contributed by atoms with van der Waals surface area (Å²) in [6.45, 7) is 2.14. The molecule has 1 atom stereocenters. The molecule has 3 rings (SSSR count). The summed E-state index contributed by atoms with van der Waals surface area (Å²) >= 11 is 5.96. The van der Waals surface area contributed by atoms with Crippen LogP contribution in [0.5, 0.6) is 0 Å². The van der Waals surface area contributed by atoms with Gasteiger partial charge in [0.05, 0.1) is 0 Å². The third-order valence-corrected chi connectivity index (χ3v) is 4.23. The van der Waals surface area contributed by atoms with E-state index in [1.165, 1.54) is 30.4 Å². The van der Waals surface area contributed by atoms with Gasteiger partial charge in [-0.3, -0.25) is 9.88 Å². The minimum Gasteiger partial charge on any atom is -0.292 e. The van der Waals surface area contributed by atoms with Crippen LogP contribution in [0.3, 0.4) is 0 Å². The Labute approximate surface area is 125 Å². The van der Waals surface area contributed by atoms with Crippen molar-refractivity contribution in [2.75, 3.05) is 6.54 Å². The molecule has 1 aliphatic heterocycles. The summed E-state index contributed by atoms with van der Waals surface area (Å²) in [5.41, 5.74) is 2.66. The molecule has 104 valence electrons. The Morgan fingerprint density at radius 2 is 2.00 bits per heavy atom. The highest BCUT2D eigenvalue weighted by Crippen LogP contribution is 2.31. The molecule has 2 nitrogen and oxygen atoms in total. The first kappa shape index (κ1) is 13.6. The van der Waals surface area contributed by atoms with E-state index < -0.39 is 0 Å². The average molecular weight is 287 g/mol. The second-order valence-corrected chi connectivity index (χ2v) is 5.83. The molecule has 0 aliphatic carbocycles. The third-order valence-electron chi connectivity index (χ3n) is 3.98. The number of benzene rings is 1. The Hall–Kier alpha value is -1.38. The Morgan fingerprint density at radius 1 is 1.15 bits per heavy atom. The van der Waals surface area contributed by atoms with Gasteiger partial charge in [-0.25, -0.2) is 0 Å². The Morgan fingerprint density at radius 3 is 2.75 bits per heavy atom. The van der Waals surface area contributed by atoms with Crippen molar-refractivity contribution in [2.45, 2.75) is 31.8 Å². The van der Waals surface area contributed by atoms with Crippen LogP contribution in [0.25, 0.3) is 0 Å². The molecule has 3 heteroatoms. The average Bonchev–Trinajstić information content (AvgIpc) is 2.51. The number of aromatic nitrogens is 1. The molecule has 20 heavy (non-hydrogen) atoms. The van der Waals surface area contributed by atoms with Crippen molar-refractivity contribution >= 4 is 11.6 Å². The molecule has 0 spiro atoms. The number of nitrogens with zero attached hydrogens (tertiary/aromatic N) is 2. The lowest BCUT2D eigenvalue weighted by Gasteiger charge is -2.36. The van der Waals surface area contributed by atoms with Crippen molar-refractivity contribution in [3.63, 3.8) is 0 Å². The smallest absolute Gasteiger partial charge is 0.0406 e. The topological polar surface area (TPSA) is 16.1 Å². The van der Waals surface area contributed by atoms with E-state index in [1.807, 2.05) is 30.6 Å². The van der Waals surface area contributed by atoms with Crippen molar-refractivity contribution in [2.24, 2.45) is 0 Å². The summed E-state index contributed by atoms with van der Waals surface area (Å²) in [7, 11) is 0. The van der Waals surface area contributed by atoms with Gasteiger partial charge in [-0.15, -0.1) is 0 Å². The van der Waals surface area contributed by atoms with E-state index in [9.17, 15) is 0 Å². The lowest BCUT2D eigenvalue weighted by molar-refractivity contribution is 0.140. The van der Waals surface area contributed by atoms with E-state index >= 15 is 0 Å². The van der Waals surface area contributed by atoms with Crippen LogP contribution in [0.4, 0.5) is 0 Å². The Kier molecular flexibility index (Phi) is 4.34. The molecule has 2 aromatic rings. The zero-order valence-corrected chi connectivity index (χ0v) is 12.3. The zero-order chi connectivity index (χ0) is 13.8. The highest BCUT2D eigenvalue weighted by atomic mass is 35.5. The summed E-state index contributed by atoms with van der Waals surface area (Å²) in [4.78, 5) is 6.83. The molecule has 0 N–H and O–H groups in total. The summed E-state index contributed by atoms with van der Waals surface area (Å²) in [6, 6.07) is 12.9. The second kappa shape index (κ2) is 6.38. The first-order valence-corrected chi connectivity index (χ1v) is 7.59. The fraction of sp³-hybridized carbons (Fsp3) is 0.353. The van der Waals surface area contributed by atoms with Crippen molar-refractivity contribution in [1.29, 1.82) is 0 Å². The second-order valence-electron chi connectivity index (χ2n) is 5.39. The maximum atomic E-state index is 5.96. The number of likely N-dealkylation sites (tertiary alicyclic amines) is 1. The summed E-state index contributed by atoms with van der Waals surface area (Å²) in [5, 5.41) is 0.802. The zero-order valence-electron chi connectivity index (χ0n) is 11.5. The fourth-order valence-corrected chi connectivity index (χ4v) is 3.08. The van der Waals surface area contributed by atoms with Crippen LogP contribution in [0.1, 0.15) is 36.4 Å². The van der Waals surface area contributed by atoms with Gasteiger partial charge in [-0.1, -0.05) is 36.2 Å². The van der Waals surface area contributed by atoms with E-state index in [-0.39, 0.29) is 0 Å². The molecule has 0 bridgehead atoms. The van der Waals surface area contributed by atoms with Crippen LogP contribution in [0.2, 0.25) is 5.02 Å².